The number of hydrogen-bond donors (Lipinski definition) is 2. The molecule has 0 amide bonds. The topological polar surface area (TPSA) is 53.8 Å². The Morgan fingerprint density at radius 1 is 1.13 bits per heavy atom. The van der Waals surface area contributed by atoms with E-state index in [0.717, 1.165) is 0 Å². The summed E-state index contributed by atoms with van der Waals surface area (Å²) in [6, 6.07) is 8.85. The van der Waals surface area contributed by atoms with Crippen LogP contribution in [0.5, 0.6) is 0 Å². The Labute approximate surface area is 136 Å². The molecule has 0 spiro atoms. The van der Waals surface area contributed by atoms with E-state index in [9.17, 15) is 13.9 Å². The van der Waals surface area contributed by atoms with E-state index in [-0.39, 0.29) is 19.0 Å². The molecule has 0 atom stereocenters. The monoisotopic (exact) mass is 333 g/mol. The van der Waals surface area contributed by atoms with Crippen molar-refractivity contribution in [2.75, 3.05) is 6.61 Å². The van der Waals surface area contributed by atoms with Gasteiger partial charge in [-0.1, -0.05) is 0 Å². The van der Waals surface area contributed by atoms with Crippen LogP contribution in [0, 0.1) is 16.5 Å². The number of imidazole rings is 1. The largest absolute Gasteiger partial charge is 0.395 e. The van der Waals surface area contributed by atoms with Crippen LogP contribution >= 0.6 is 12.2 Å². The smallest absolute Gasteiger partial charge is 0.213 e. The zero-order chi connectivity index (χ0) is 16.4. The lowest BCUT2D eigenvalue weighted by Gasteiger charge is -2.10. The summed E-state index contributed by atoms with van der Waals surface area (Å²) >= 11 is 5.30. The average Bonchev–Trinajstić information content (AvgIpc) is 2.85. The first-order valence-corrected chi connectivity index (χ1v) is 7.32. The fraction of sp³-hybridized carbons (Fsp3) is 0.125. The van der Waals surface area contributed by atoms with Crippen molar-refractivity contribution in [1.29, 1.82) is 0 Å². The van der Waals surface area contributed by atoms with Crippen LogP contribution in [0.1, 0.15) is 0 Å². The molecule has 4 nitrogen and oxygen atoms in total. The molecule has 1 aromatic carbocycles. The van der Waals surface area contributed by atoms with Crippen LogP contribution in [0.2, 0.25) is 0 Å². The highest BCUT2D eigenvalue weighted by atomic mass is 32.1. The Morgan fingerprint density at radius 2 is 1.87 bits per heavy atom. The zero-order valence-electron chi connectivity index (χ0n) is 12.0. The molecule has 0 aliphatic rings. The number of benzene rings is 1. The van der Waals surface area contributed by atoms with Gasteiger partial charge < -0.3 is 14.7 Å². The number of aromatic nitrogens is 3. The van der Waals surface area contributed by atoms with Crippen molar-refractivity contribution in [2.45, 2.75) is 6.54 Å². The Balaban J connectivity index is 2.26. The molecule has 2 N–H and O–H groups in total. The van der Waals surface area contributed by atoms with Crippen molar-refractivity contribution >= 4 is 12.2 Å². The maximum atomic E-state index is 13.5. The molecule has 0 saturated carbocycles. The summed E-state index contributed by atoms with van der Waals surface area (Å²) < 4.78 is 28.7. The Hall–Kier alpha value is -2.38. The standard InChI is InChI=1S/C16H13F2N3OS/c17-12-3-1-10(2-4-12)14-15(11-5-6-19-13(18)9-11)21(7-8-22)16(23)20-14/h1-6,9,22H,7-8H2,(H,20,23). The van der Waals surface area contributed by atoms with Gasteiger partial charge in [0, 0.05) is 29.9 Å². The number of nitrogens with one attached hydrogen (secondary N) is 1. The minimum Gasteiger partial charge on any atom is -0.395 e. The Morgan fingerprint density at radius 3 is 2.52 bits per heavy atom. The molecular formula is C16H13F2N3OS. The lowest BCUT2D eigenvalue weighted by atomic mass is 10.1. The third-order valence-corrected chi connectivity index (χ3v) is 3.76. The lowest BCUT2D eigenvalue weighted by Crippen LogP contribution is -2.04. The molecule has 0 aliphatic carbocycles. The van der Waals surface area contributed by atoms with Crippen molar-refractivity contribution in [2.24, 2.45) is 0 Å². The van der Waals surface area contributed by atoms with Gasteiger partial charge in [-0.15, -0.1) is 0 Å². The van der Waals surface area contributed by atoms with Gasteiger partial charge >= 0.3 is 0 Å². The van der Waals surface area contributed by atoms with Crippen molar-refractivity contribution in [1.82, 2.24) is 14.5 Å². The first-order chi connectivity index (χ1) is 11.1. The number of H-pyrrole nitrogens is 1. The molecule has 118 valence electrons. The van der Waals surface area contributed by atoms with Gasteiger partial charge in [0.2, 0.25) is 5.95 Å². The second kappa shape index (κ2) is 6.39. The Bertz CT molecular complexity index is 887. The molecule has 0 unspecified atom stereocenters. The normalized spacial score (nSPS) is 10.9. The van der Waals surface area contributed by atoms with Crippen molar-refractivity contribution in [3.63, 3.8) is 0 Å². The highest BCUT2D eigenvalue weighted by molar-refractivity contribution is 7.71. The van der Waals surface area contributed by atoms with E-state index in [2.05, 4.69) is 9.97 Å². The SMILES string of the molecule is OCCn1c(-c2ccnc(F)c2)c(-c2ccc(F)cc2)[nH]c1=S. The fourth-order valence-corrected chi connectivity index (χ4v) is 2.74. The second-order valence-corrected chi connectivity index (χ2v) is 5.29. The molecule has 3 aromatic rings. The number of halogens is 2. The van der Waals surface area contributed by atoms with E-state index in [0.29, 0.717) is 27.3 Å². The molecule has 0 aliphatic heterocycles. The summed E-state index contributed by atoms with van der Waals surface area (Å²) in [7, 11) is 0. The molecule has 0 radical (unpaired) electrons. The van der Waals surface area contributed by atoms with Crippen molar-refractivity contribution < 1.29 is 13.9 Å². The number of aliphatic hydroxyl groups is 1. The van der Waals surface area contributed by atoms with Crippen molar-refractivity contribution in [3.05, 3.63) is 59.1 Å². The van der Waals surface area contributed by atoms with Gasteiger partial charge in [-0.3, -0.25) is 0 Å². The van der Waals surface area contributed by atoms with Crippen LogP contribution in [0.15, 0.2) is 42.6 Å². The number of aromatic amines is 1. The second-order valence-electron chi connectivity index (χ2n) is 4.90. The maximum absolute atomic E-state index is 13.5. The first-order valence-electron chi connectivity index (χ1n) is 6.91. The van der Waals surface area contributed by atoms with E-state index in [4.69, 9.17) is 12.2 Å². The van der Waals surface area contributed by atoms with E-state index < -0.39 is 5.95 Å². The number of aliphatic hydroxyl groups excluding tert-OH is 1. The number of rotatable bonds is 4. The third-order valence-electron chi connectivity index (χ3n) is 3.44. The van der Waals surface area contributed by atoms with Gasteiger partial charge in [0.25, 0.3) is 0 Å². The quantitative estimate of drug-likeness (QED) is 0.567. The molecular weight excluding hydrogens is 320 g/mol. The van der Waals surface area contributed by atoms with Gasteiger partial charge in [0.1, 0.15) is 5.82 Å². The fourth-order valence-electron chi connectivity index (χ4n) is 2.46. The summed E-state index contributed by atoms with van der Waals surface area (Å²) in [5, 5.41) is 9.27. The molecule has 0 bridgehead atoms. The van der Waals surface area contributed by atoms with Crippen LogP contribution < -0.4 is 0 Å². The van der Waals surface area contributed by atoms with Crippen LogP contribution in [0.4, 0.5) is 8.78 Å². The predicted molar refractivity (Wildman–Crippen MR) is 85.3 cm³/mol. The molecule has 7 heteroatoms. The molecule has 2 aromatic heterocycles. The van der Waals surface area contributed by atoms with Gasteiger partial charge in [-0.2, -0.15) is 4.39 Å². The van der Waals surface area contributed by atoms with E-state index in [1.165, 1.54) is 24.4 Å². The summed E-state index contributed by atoms with van der Waals surface area (Å²) in [5.41, 5.74) is 2.53. The summed E-state index contributed by atoms with van der Waals surface area (Å²) in [6.07, 6.45) is 1.36. The minimum absolute atomic E-state index is 0.115. The molecule has 0 fully saturated rings. The lowest BCUT2D eigenvalue weighted by molar-refractivity contribution is 0.276. The minimum atomic E-state index is -0.616. The number of pyridine rings is 1. The van der Waals surface area contributed by atoms with Gasteiger partial charge in [0.15, 0.2) is 4.77 Å². The third kappa shape index (κ3) is 3.06. The highest BCUT2D eigenvalue weighted by Gasteiger charge is 2.16. The number of hydrogen-bond acceptors (Lipinski definition) is 3. The molecule has 0 saturated heterocycles. The predicted octanol–water partition coefficient (Wildman–Crippen LogP) is 3.55. The van der Waals surface area contributed by atoms with E-state index in [1.54, 1.807) is 22.8 Å². The average molecular weight is 333 g/mol. The van der Waals surface area contributed by atoms with Crippen molar-refractivity contribution in [3.8, 4) is 22.5 Å². The highest BCUT2D eigenvalue weighted by Crippen LogP contribution is 2.32. The van der Waals surface area contributed by atoms with Gasteiger partial charge in [-0.05, 0) is 42.5 Å². The first kappa shape index (κ1) is 15.5. The zero-order valence-corrected chi connectivity index (χ0v) is 12.8. The van der Waals surface area contributed by atoms with Gasteiger partial charge in [-0.25, -0.2) is 9.37 Å². The molecule has 3 rings (SSSR count). The maximum Gasteiger partial charge on any atom is 0.213 e. The summed E-state index contributed by atoms with van der Waals surface area (Å²) in [6.45, 7) is 0.144. The summed E-state index contributed by atoms with van der Waals surface area (Å²) in [4.78, 5) is 6.60. The molecule has 2 heterocycles. The van der Waals surface area contributed by atoms with Crippen LogP contribution in [-0.2, 0) is 6.54 Å². The van der Waals surface area contributed by atoms with E-state index in [1.807, 2.05) is 0 Å². The van der Waals surface area contributed by atoms with Crippen LogP contribution in [0.25, 0.3) is 22.5 Å². The van der Waals surface area contributed by atoms with Gasteiger partial charge in [0.05, 0.1) is 18.0 Å². The Kier molecular flexibility index (Phi) is 4.31. The molecule has 23 heavy (non-hydrogen) atoms. The number of nitrogens with zero attached hydrogens (tertiary/aromatic N) is 2. The van der Waals surface area contributed by atoms with E-state index >= 15 is 0 Å². The van der Waals surface area contributed by atoms with Crippen LogP contribution in [0.3, 0.4) is 0 Å². The summed E-state index contributed by atoms with van der Waals surface area (Å²) in [5.74, 6) is -0.964. The van der Waals surface area contributed by atoms with Crippen LogP contribution in [-0.4, -0.2) is 26.2 Å².